The van der Waals surface area contributed by atoms with E-state index < -0.39 is 0 Å². The van der Waals surface area contributed by atoms with Crippen molar-refractivity contribution in [1.29, 1.82) is 0 Å². The first-order valence-corrected chi connectivity index (χ1v) is 9.99. The maximum absolute atomic E-state index is 12.3. The molecule has 0 bridgehead atoms. The highest BCUT2D eigenvalue weighted by Crippen LogP contribution is 2.24. The van der Waals surface area contributed by atoms with Crippen molar-refractivity contribution in [2.45, 2.75) is 45.4 Å². The van der Waals surface area contributed by atoms with Crippen LogP contribution in [-0.2, 0) is 10.5 Å². The van der Waals surface area contributed by atoms with Crippen molar-refractivity contribution >= 4 is 17.7 Å². The minimum Gasteiger partial charge on any atom is -0.348 e. The second-order valence-electron chi connectivity index (χ2n) is 6.92. The van der Waals surface area contributed by atoms with E-state index in [2.05, 4.69) is 62.3 Å². The Morgan fingerprint density at radius 3 is 2.28 bits per heavy atom. The van der Waals surface area contributed by atoms with Crippen LogP contribution in [0.1, 0.15) is 56.5 Å². The molecule has 1 amide bonds. The number of rotatable bonds is 8. The minimum absolute atomic E-state index is 0.0455. The molecule has 134 valence electrons. The van der Waals surface area contributed by atoms with Gasteiger partial charge in [-0.05, 0) is 35.1 Å². The summed E-state index contributed by atoms with van der Waals surface area (Å²) in [6, 6.07) is 14.5. The Morgan fingerprint density at radius 1 is 1.04 bits per heavy atom. The molecule has 0 saturated carbocycles. The lowest BCUT2D eigenvalue weighted by Crippen LogP contribution is -2.33. The van der Waals surface area contributed by atoms with Crippen LogP contribution in [0.3, 0.4) is 0 Å². The van der Waals surface area contributed by atoms with Gasteiger partial charge in [-0.15, -0.1) is 11.8 Å². The van der Waals surface area contributed by atoms with E-state index >= 15 is 0 Å². The van der Waals surface area contributed by atoms with E-state index in [1.165, 1.54) is 11.1 Å². The molecular weight excluding hydrogens is 328 g/mol. The summed E-state index contributed by atoms with van der Waals surface area (Å²) < 4.78 is 0. The summed E-state index contributed by atoms with van der Waals surface area (Å²) in [6.45, 7) is 8.66. The Hall–Kier alpha value is -1.81. The Labute approximate surface area is 155 Å². The normalized spacial score (nSPS) is 12.4. The van der Waals surface area contributed by atoms with Gasteiger partial charge in [-0.3, -0.25) is 9.78 Å². The lowest BCUT2D eigenvalue weighted by atomic mass is 9.93. The molecule has 0 radical (unpaired) electrons. The van der Waals surface area contributed by atoms with Crippen molar-refractivity contribution in [2.24, 2.45) is 5.92 Å². The number of nitrogens with one attached hydrogen (secondary N) is 1. The average Bonchev–Trinajstić information content (AvgIpc) is 2.60. The molecule has 2 rings (SSSR count). The molecule has 1 aromatic carbocycles. The zero-order valence-electron chi connectivity index (χ0n) is 15.5. The van der Waals surface area contributed by atoms with Gasteiger partial charge in [0.25, 0.3) is 0 Å². The number of carbonyl (C=O) groups is 1. The van der Waals surface area contributed by atoms with Crippen molar-refractivity contribution in [3.05, 3.63) is 65.5 Å². The standard InChI is InChI=1S/C21H28N2OS/c1-15(2)17-8-10-18(11-9-17)21(16(3)4)23-20(24)14-25-13-19-7-5-6-12-22-19/h5-12,15-16,21H,13-14H2,1-4H3,(H,23,24). The number of pyridine rings is 1. The molecule has 1 N–H and O–H groups in total. The summed E-state index contributed by atoms with van der Waals surface area (Å²) in [5.74, 6) is 2.14. The molecule has 3 nitrogen and oxygen atoms in total. The van der Waals surface area contributed by atoms with Gasteiger partial charge in [0.2, 0.25) is 5.91 Å². The van der Waals surface area contributed by atoms with Crippen molar-refractivity contribution < 1.29 is 4.79 Å². The number of hydrogen-bond donors (Lipinski definition) is 1. The zero-order valence-corrected chi connectivity index (χ0v) is 16.3. The zero-order chi connectivity index (χ0) is 18.2. The van der Waals surface area contributed by atoms with Crippen LogP contribution in [0.5, 0.6) is 0 Å². The first-order chi connectivity index (χ1) is 12.0. The Morgan fingerprint density at radius 2 is 1.72 bits per heavy atom. The summed E-state index contributed by atoms with van der Waals surface area (Å²) in [5.41, 5.74) is 3.50. The van der Waals surface area contributed by atoms with Crippen LogP contribution in [0, 0.1) is 5.92 Å². The third-order valence-corrected chi connectivity index (χ3v) is 5.12. The average molecular weight is 357 g/mol. The molecule has 0 aliphatic rings. The van der Waals surface area contributed by atoms with Gasteiger partial charge in [-0.2, -0.15) is 0 Å². The molecule has 0 fully saturated rings. The molecule has 0 aliphatic carbocycles. The fraction of sp³-hybridized carbons (Fsp3) is 0.429. The van der Waals surface area contributed by atoms with E-state index in [0.717, 1.165) is 11.4 Å². The molecule has 0 spiro atoms. The van der Waals surface area contributed by atoms with Gasteiger partial charge in [0.15, 0.2) is 0 Å². The van der Waals surface area contributed by atoms with Crippen LogP contribution in [-0.4, -0.2) is 16.6 Å². The number of carbonyl (C=O) groups excluding carboxylic acids is 1. The van der Waals surface area contributed by atoms with Crippen LogP contribution in [0.15, 0.2) is 48.7 Å². The fourth-order valence-electron chi connectivity index (χ4n) is 2.67. The number of aromatic nitrogens is 1. The topological polar surface area (TPSA) is 42.0 Å². The van der Waals surface area contributed by atoms with E-state index in [1.807, 2.05) is 18.2 Å². The molecule has 2 aromatic rings. The van der Waals surface area contributed by atoms with Crippen molar-refractivity contribution in [1.82, 2.24) is 10.3 Å². The SMILES string of the molecule is CC(C)c1ccc(C(NC(=O)CSCc2ccccn2)C(C)C)cc1. The minimum atomic E-state index is 0.0455. The van der Waals surface area contributed by atoms with E-state index in [9.17, 15) is 4.79 Å². The smallest absolute Gasteiger partial charge is 0.230 e. The number of thioether (sulfide) groups is 1. The molecule has 4 heteroatoms. The Balaban J connectivity index is 1.90. The second-order valence-corrected chi connectivity index (χ2v) is 7.91. The lowest BCUT2D eigenvalue weighted by Gasteiger charge is -2.23. The summed E-state index contributed by atoms with van der Waals surface area (Å²) in [7, 11) is 0. The highest BCUT2D eigenvalue weighted by molar-refractivity contribution is 7.99. The quantitative estimate of drug-likeness (QED) is 0.727. The predicted octanol–water partition coefficient (Wildman–Crippen LogP) is 4.95. The number of nitrogens with zero attached hydrogens (tertiary/aromatic N) is 1. The lowest BCUT2D eigenvalue weighted by molar-refractivity contribution is -0.119. The predicted molar refractivity (Wildman–Crippen MR) is 107 cm³/mol. The Bertz CT molecular complexity index is 653. The van der Waals surface area contributed by atoms with E-state index in [1.54, 1.807) is 18.0 Å². The van der Waals surface area contributed by atoms with Crippen molar-refractivity contribution in [2.75, 3.05) is 5.75 Å². The van der Waals surface area contributed by atoms with Gasteiger partial charge in [-0.25, -0.2) is 0 Å². The van der Waals surface area contributed by atoms with Crippen LogP contribution < -0.4 is 5.32 Å². The second kappa shape index (κ2) is 9.62. The van der Waals surface area contributed by atoms with Crippen LogP contribution >= 0.6 is 11.8 Å². The molecule has 0 saturated heterocycles. The molecule has 25 heavy (non-hydrogen) atoms. The van der Waals surface area contributed by atoms with Gasteiger partial charge in [0.05, 0.1) is 17.5 Å². The molecular formula is C21H28N2OS. The van der Waals surface area contributed by atoms with Crippen molar-refractivity contribution in [3.63, 3.8) is 0 Å². The molecule has 1 atom stereocenters. The van der Waals surface area contributed by atoms with Crippen molar-refractivity contribution in [3.8, 4) is 0 Å². The molecule has 0 aliphatic heterocycles. The first-order valence-electron chi connectivity index (χ1n) is 8.84. The number of amides is 1. The number of benzene rings is 1. The maximum Gasteiger partial charge on any atom is 0.230 e. The van der Waals surface area contributed by atoms with Gasteiger partial charge in [0, 0.05) is 11.9 Å². The van der Waals surface area contributed by atoms with E-state index in [0.29, 0.717) is 17.6 Å². The summed E-state index contributed by atoms with van der Waals surface area (Å²) in [5, 5.41) is 3.19. The van der Waals surface area contributed by atoms with E-state index in [-0.39, 0.29) is 11.9 Å². The van der Waals surface area contributed by atoms with Gasteiger partial charge in [-0.1, -0.05) is 58.0 Å². The first kappa shape index (κ1) is 19.5. The van der Waals surface area contributed by atoms with Gasteiger partial charge >= 0.3 is 0 Å². The van der Waals surface area contributed by atoms with Gasteiger partial charge < -0.3 is 5.32 Å². The van der Waals surface area contributed by atoms with Gasteiger partial charge in [0.1, 0.15) is 0 Å². The third-order valence-electron chi connectivity index (χ3n) is 4.15. The monoisotopic (exact) mass is 356 g/mol. The summed E-state index contributed by atoms with van der Waals surface area (Å²) in [6.07, 6.45) is 1.78. The van der Waals surface area contributed by atoms with Crippen LogP contribution in [0.2, 0.25) is 0 Å². The maximum atomic E-state index is 12.3. The number of hydrogen-bond acceptors (Lipinski definition) is 3. The Kier molecular flexibility index (Phi) is 7.51. The highest BCUT2D eigenvalue weighted by atomic mass is 32.2. The third kappa shape index (κ3) is 6.20. The summed E-state index contributed by atoms with van der Waals surface area (Å²) in [4.78, 5) is 16.6. The molecule has 1 unspecified atom stereocenters. The highest BCUT2D eigenvalue weighted by Gasteiger charge is 2.18. The summed E-state index contributed by atoms with van der Waals surface area (Å²) >= 11 is 1.60. The molecule has 1 heterocycles. The van der Waals surface area contributed by atoms with Crippen LogP contribution in [0.4, 0.5) is 0 Å². The molecule has 1 aromatic heterocycles. The van der Waals surface area contributed by atoms with E-state index in [4.69, 9.17) is 0 Å². The van der Waals surface area contributed by atoms with Crippen LogP contribution in [0.25, 0.3) is 0 Å². The largest absolute Gasteiger partial charge is 0.348 e. The fourth-order valence-corrected chi connectivity index (χ4v) is 3.42.